The molecule has 0 bridgehead atoms. The lowest BCUT2D eigenvalue weighted by molar-refractivity contribution is 0.164. The van der Waals surface area contributed by atoms with Crippen LogP contribution in [0.25, 0.3) is 0 Å². The number of rotatable bonds is 4. The van der Waals surface area contributed by atoms with Crippen LogP contribution in [0.5, 0.6) is 0 Å². The van der Waals surface area contributed by atoms with Crippen LogP contribution in [-0.2, 0) is 6.42 Å². The van der Waals surface area contributed by atoms with E-state index in [1.807, 2.05) is 26.2 Å². The van der Waals surface area contributed by atoms with Crippen molar-refractivity contribution in [3.63, 3.8) is 0 Å². The molecule has 0 fully saturated rings. The van der Waals surface area contributed by atoms with Gasteiger partial charge in [0.05, 0.1) is 27.6 Å². The number of hydrogen-bond acceptors (Lipinski definition) is 4. The number of thiazole rings is 1. The van der Waals surface area contributed by atoms with Gasteiger partial charge in [0.15, 0.2) is 0 Å². The van der Waals surface area contributed by atoms with Gasteiger partial charge in [0.25, 0.3) is 0 Å². The number of halogens is 1. The van der Waals surface area contributed by atoms with Crippen LogP contribution >= 0.6 is 22.9 Å². The van der Waals surface area contributed by atoms with E-state index in [0.29, 0.717) is 17.1 Å². The van der Waals surface area contributed by atoms with Gasteiger partial charge in [-0.2, -0.15) is 5.10 Å². The Morgan fingerprint density at radius 1 is 1.50 bits per heavy atom. The van der Waals surface area contributed by atoms with Gasteiger partial charge in [-0.05, 0) is 20.8 Å². The van der Waals surface area contributed by atoms with Crippen molar-refractivity contribution in [2.75, 3.05) is 0 Å². The van der Waals surface area contributed by atoms with E-state index in [-0.39, 0.29) is 6.04 Å². The first-order valence-corrected chi connectivity index (χ1v) is 7.06. The van der Waals surface area contributed by atoms with Crippen molar-refractivity contribution in [1.82, 2.24) is 14.8 Å². The molecule has 2 aromatic heterocycles. The van der Waals surface area contributed by atoms with E-state index in [1.54, 1.807) is 22.2 Å². The average Bonchev–Trinajstić information content (AvgIpc) is 2.85. The molecule has 0 amide bonds. The van der Waals surface area contributed by atoms with E-state index in [9.17, 15) is 5.11 Å². The maximum atomic E-state index is 10.3. The molecule has 2 aromatic rings. The van der Waals surface area contributed by atoms with Gasteiger partial charge in [-0.1, -0.05) is 11.6 Å². The molecule has 0 aliphatic heterocycles. The Labute approximate surface area is 115 Å². The quantitative estimate of drug-likeness (QED) is 0.939. The minimum atomic E-state index is -0.677. The van der Waals surface area contributed by atoms with Gasteiger partial charge in [0, 0.05) is 17.8 Å². The number of aliphatic hydroxyl groups excluding tert-OH is 1. The summed E-state index contributed by atoms with van der Waals surface area (Å²) in [4.78, 5) is 4.35. The van der Waals surface area contributed by atoms with Crippen molar-refractivity contribution in [1.29, 1.82) is 0 Å². The molecule has 0 spiro atoms. The standard InChI is InChI=1S/C12H16ClN3OS/c1-7(2)16-12(10(13)5-14-16)11(17)4-9-6-18-8(3)15-9/h5-7,11,17H,4H2,1-3H3. The topological polar surface area (TPSA) is 50.9 Å². The molecule has 2 rings (SSSR count). The van der Waals surface area contributed by atoms with Gasteiger partial charge in [-0.3, -0.25) is 4.68 Å². The first-order chi connectivity index (χ1) is 8.49. The van der Waals surface area contributed by atoms with E-state index < -0.39 is 6.10 Å². The summed E-state index contributed by atoms with van der Waals surface area (Å²) in [5, 5.41) is 18.0. The molecular formula is C12H16ClN3OS. The third-order valence-electron chi connectivity index (χ3n) is 2.66. The van der Waals surface area contributed by atoms with Gasteiger partial charge >= 0.3 is 0 Å². The minimum absolute atomic E-state index is 0.166. The second-order valence-corrected chi connectivity index (χ2v) is 5.96. The Kier molecular flexibility index (Phi) is 4.04. The van der Waals surface area contributed by atoms with Crippen LogP contribution in [0.3, 0.4) is 0 Å². The van der Waals surface area contributed by atoms with Gasteiger partial charge in [0.1, 0.15) is 6.10 Å². The molecule has 0 aliphatic carbocycles. The monoisotopic (exact) mass is 285 g/mol. The van der Waals surface area contributed by atoms with Gasteiger partial charge in [-0.25, -0.2) is 4.98 Å². The lowest BCUT2D eigenvalue weighted by Gasteiger charge is -2.15. The fourth-order valence-corrected chi connectivity index (χ4v) is 2.75. The lowest BCUT2D eigenvalue weighted by atomic mass is 10.1. The molecule has 4 nitrogen and oxygen atoms in total. The summed E-state index contributed by atoms with van der Waals surface area (Å²) in [6.07, 6.45) is 1.36. The summed E-state index contributed by atoms with van der Waals surface area (Å²) in [5.41, 5.74) is 1.55. The van der Waals surface area contributed by atoms with E-state index in [1.165, 1.54) is 0 Å². The van der Waals surface area contributed by atoms with Crippen molar-refractivity contribution >= 4 is 22.9 Å². The molecule has 1 N–H and O–H groups in total. The van der Waals surface area contributed by atoms with Gasteiger partial charge < -0.3 is 5.11 Å². The molecule has 0 saturated heterocycles. The summed E-state index contributed by atoms with van der Waals surface area (Å²) < 4.78 is 1.76. The van der Waals surface area contributed by atoms with E-state index in [4.69, 9.17) is 11.6 Å². The minimum Gasteiger partial charge on any atom is -0.386 e. The van der Waals surface area contributed by atoms with Gasteiger partial charge in [0.2, 0.25) is 0 Å². The Balaban J connectivity index is 2.23. The number of aromatic nitrogens is 3. The Morgan fingerprint density at radius 3 is 2.78 bits per heavy atom. The van der Waals surface area contributed by atoms with Crippen molar-refractivity contribution in [3.8, 4) is 0 Å². The van der Waals surface area contributed by atoms with Gasteiger partial charge in [-0.15, -0.1) is 11.3 Å². The van der Waals surface area contributed by atoms with Crippen LogP contribution < -0.4 is 0 Å². The Bertz CT molecular complexity index is 535. The van der Waals surface area contributed by atoms with Crippen LogP contribution in [0, 0.1) is 6.92 Å². The van der Waals surface area contributed by atoms with Crippen LogP contribution in [0.15, 0.2) is 11.6 Å². The predicted octanol–water partition coefficient (Wildman–Crippen LogP) is 3.16. The largest absolute Gasteiger partial charge is 0.386 e. The number of nitrogens with zero attached hydrogens (tertiary/aromatic N) is 3. The third-order valence-corrected chi connectivity index (χ3v) is 3.77. The summed E-state index contributed by atoms with van der Waals surface area (Å²) >= 11 is 7.67. The maximum Gasteiger partial charge on any atom is 0.103 e. The van der Waals surface area contributed by atoms with Crippen LogP contribution in [0.2, 0.25) is 5.02 Å². The van der Waals surface area contributed by atoms with Crippen molar-refractivity contribution < 1.29 is 5.11 Å². The average molecular weight is 286 g/mol. The Morgan fingerprint density at radius 2 is 2.22 bits per heavy atom. The number of aryl methyl sites for hydroxylation is 1. The van der Waals surface area contributed by atoms with Crippen LogP contribution in [0.1, 0.15) is 42.4 Å². The fourth-order valence-electron chi connectivity index (χ4n) is 1.87. The summed E-state index contributed by atoms with van der Waals surface area (Å²) in [6, 6.07) is 0.166. The highest BCUT2D eigenvalue weighted by atomic mass is 35.5. The zero-order chi connectivity index (χ0) is 13.3. The maximum absolute atomic E-state index is 10.3. The zero-order valence-electron chi connectivity index (χ0n) is 10.6. The number of hydrogen-bond donors (Lipinski definition) is 1. The molecule has 0 aliphatic rings. The summed E-state index contributed by atoms with van der Waals surface area (Å²) in [7, 11) is 0. The van der Waals surface area contributed by atoms with E-state index >= 15 is 0 Å². The highest BCUT2D eigenvalue weighted by molar-refractivity contribution is 7.09. The normalized spacial score (nSPS) is 13.2. The first kappa shape index (κ1) is 13.5. The molecule has 98 valence electrons. The second kappa shape index (κ2) is 5.38. The molecular weight excluding hydrogens is 270 g/mol. The molecule has 1 unspecified atom stereocenters. The molecule has 0 radical (unpaired) electrons. The third kappa shape index (κ3) is 2.74. The van der Waals surface area contributed by atoms with Crippen molar-refractivity contribution in [2.24, 2.45) is 0 Å². The molecule has 6 heteroatoms. The summed E-state index contributed by atoms with van der Waals surface area (Å²) in [5.74, 6) is 0. The Hall–Kier alpha value is -0.910. The number of aliphatic hydroxyl groups is 1. The zero-order valence-corrected chi connectivity index (χ0v) is 12.2. The van der Waals surface area contributed by atoms with Crippen molar-refractivity contribution in [3.05, 3.63) is 33.0 Å². The second-order valence-electron chi connectivity index (χ2n) is 4.49. The highest BCUT2D eigenvalue weighted by Crippen LogP contribution is 2.28. The molecule has 0 aromatic carbocycles. The van der Waals surface area contributed by atoms with Crippen LogP contribution in [-0.4, -0.2) is 19.9 Å². The molecule has 0 saturated carbocycles. The van der Waals surface area contributed by atoms with E-state index in [0.717, 1.165) is 10.7 Å². The fraction of sp³-hybridized carbons (Fsp3) is 0.500. The molecule has 2 heterocycles. The lowest BCUT2D eigenvalue weighted by Crippen LogP contribution is -2.13. The first-order valence-electron chi connectivity index (χ1n) is 5.81. The summed E-state index contributed by atoms with van der Waals surface area (Å²) in [6.45, 7) is 5.96. The predicted molar refractivity (Wildman–Crippen MR) is 73.1 cm³/mol. The highest BCUT2D eigenvalue weighted by Gasteiger charge is 2.20. The van der Waals surface area contributed by atoms with E-state index in [2.05, 4.69) is 10.1 Å². The molecule has 18 heavy (non-hydrogen) atoms. The molecule has 1 atom stereocenters. The SMILES string of the molecule is Cc1nc(CC(O)c2c(Cl)cnn2C(C)C)cs1. The smallest absolute Gasteiger partial charge is 0.103 e. The van der Waals surface area contributed by atoms with Crippen molar-refractivity contribution in [2.45, 2.75) is 39.3 Å². The van der Waals surface area contributed by atoms with Crippen LogP contribution in [0.4, 0.5) is 0 Å².